The fraction of sp³-hybridized carbons (Fsp3) is 0.278. The van der Waals surface area contributed by atoms with Crippen LogP contribution in [0.5, 0.6) is 5.75 Å². The van der Waals surface area contributed by atoms with Crippen molar-refractivity contribution in [1.29, 1.82) is 0 Å². The number of benzene rings is 2. The van der Waals surface area contributed by atoms with Crippen molar-refractivity contribution in [3.63, 3.8) is 0 Å². The molecule has 2 aromatic carbocycles. The highest BCUT2D eigenvalue weighted by Crippen LogP contribution is 2.37. The van der Waals surface area contributed by atoms with Crippen LogP contribution in [0.1, 0.15) is 35.2 Å². The standard InChI is InChI=1S/C18H18O2/c1-13(18(19)14-7-3-2-4-8-14)11-15-12-20-17-10-6-5-9-16(15)17/h2-10,13,15H,11-12H2,1H3. The molecule has 2 aromatic rings. The molecule has 3 rings (SSSR count). The minimum absolute atomic E-state index is 0.0113. The number of carbonyl (C=O) groups excluding carboxylic acids is 1. The van der Waals surface area contributed by atoms with Crippen molar-refractivity contribution < 1.29 is 9.53 Å². The first kappa shape index (κ1) is 12.9. The zero-order valence-electron chi connectivity index (χ0n) is 11.6. The predicted octanol–water partition coefficient (Wildman–Crippen LogP) is 4.07. The molecule has 20 heavy (non-hydrogen) atoms. The second kappa shape index (κ2) is 5.49. The van der Waals surface area contributed by atoms with E-state index >= 15 is 0 Å². The lowest BCUT2D eigenvalue weighted by atomic mass is 9.87. The number of ketones is 1. The van der Waals surface area contributed by atoms with Crippen molar-refractivity contribution in [1.82, 2.24) is 0 Å². The highest BCUT2D eigenvalue weighted by atomic mass is 16.5. The summed E-state index contributed by atoms with van der Waals surface area (Å²) in [6.45, 7) is 2.70. The SMILES string of the molecule is CC(CC1COc2ccccc21)C(=O)c1ccccc1. The summed E-state index contributed by atoms with van der Waals surface area (Å²) in [6, 6.07) is 17.6. The average Bonchev–Trinajstić information content (AvgIpc) is 2.91. The Morgan fingerprint density at radius 2 is 1.85 bits per heavy atom. The van der Waals surface area contributed by atoms with Gasteiger partial charge in [-0.15, -0.1) is 0 Å². The third-order valence-electron chi connectivity index (χ3n) is 3.94. The lowest BCUT2D eigenvalue weighted by molar-refractivity contribution is 0.0917. The van der Waals surface area contributed by atoms with E-state index in [-0.39, 0.29) is 11.7 Å². The number of hydrogen-bond acceptors (Lipinski definition) is 2. The molecule has 0 aromatic heterocycles. The number of Topliss-reactive ketones (excluding diaryl/α,β-unsaturated/α-hetero) is 1. The molecule has 0 spiro atoms. The second-order valence-electron chi connectivity index (χ2n) is 5.41. The fourth-order valence-electron chi connectivity index (χ4n) is 2.85. The summed E-state index contributed by atoms with van der Waals surface area (Å²) < 4.78 is 5.69. The molecule has 0 aliphatic carbocycles. The monoisotopic (exact) mass is 266 g/mol. The van der Waals surface area contributed by atoms with Gasteiger partial charge < -0.3 is 4.74 Å². The van der Waals surface area contributed by atoms with Crippen LogP contribution in [-0.4, -0.2) is 12.4 Å². The minimum atomic E-state index is 0.0113. The maximum absolute atomic E-state index is 12.4. The van der Waals surface area contributed by atoms with Gasteiger partial charge in [0.25, 0.3) is 0 Å². The molecule has 2 heteroatoms. The van der Waals surface area contributed by atoms with E-state index in [1.54, 1.807) is 0 Å². The van der Waals surface area contributed by atoms with E-state index in [1.165, 1.54) is 5.56 Å². The molecular formula is C18H18O2. The van der Waals surface area contributed by atoms with Gasteiger partial charge in [-0.3, -0.25) is 4.79 Å². The first-order chi connectivity index (χ1) is 9.75. The van der Waals surface area contributed by atoms with E-state index in [9.17, 15) is 4.79 Å². The molecule has 2 unspecified atom stereocenters. The number of carbonyl (C=O) groups is 1. The van der Waals surface area contributed by atoms with Crippen molar-refractivity contribution in [2.75, 3.05) is 6.61 Å². The largest absolute Gasteiger partial charge is 0.493 e. The molecule has 0 fully saturated rings. The summed E-state index contributed by atoms with van der Waals surface area (Å²) >= 11 is 0. The Morgan fingerprint density at radius 3 is 2.65 bits per heavy atom. The maximum atomic E-state index is 12.4. The summed E-state index contributed by atoms with van der Waals surface area (Å²) in [4.78, 5) is 12.4. The van der Waals surface area contributed by atoms with Gasteiger partial charge in [0.05, 0.1) is 6.61 Å². The van der Waals surface area contributed by atoms with Gasteiger partial charge in [-0.05, 0) is 12.5 Å². The Balaban J connectivity index is 1.71. The van der Waals surface area contributed by atoms with Gasteiger partial charge in [0.15, 0.2) is 5.78 Å². The van der Waals surface area contributed by atoms with Crippen LogP contribution in [0.2, 0.25) is 0 Å². The Hall–Kier alpha value is -2.09. The highest BCUT2D eigenvalue weighted by Gasteiger charge is 2.27. The molecule has 2 nitrogen and oxygen atoms in total. The lowest BCUT2D eigenvalue weighted by Gasteiger charge is -2.15. The number of ether oxygens (including phenoxy) is 1. The van der Waals surface area contributed by atoms with Crippen LogP contribution < -0.4 is 4.74 Å². The van der Waals surface area contributed by atoms with Crippen LogP contribution in [0.4, 0.5) is 0 Å². The zero-order valence-corrected chi connectivity index (χ0v) is 11.6. The van der Waals surface area contributed by atoms with E-state index in [1.807, 2.05) is 55.5 Å². The molecular weight excluding hydrogens is 248 g/mol. The number of para-hydroxylation sites is 1. The van der Waals surface area contributed by atoms with Crippen molar-refractivity contribution in [3.8, 4) is 5.75 Å². The fourth-order valence-corrected chi connectivity index (χ4v) is 2.85. The van der Waals surface area contributed by atoms with Gasteiger partial charge in [-0.1, -0.05) is 55.5 Å². The van der Waals surface area contributed by atoms with E-state index in [2.05, 4.69) is 6.07 Å². The summed E-state index contributed by atoms with van der Waals surface area (Å²) in [7, 11) is 0. The molecule has 0 saturated carbocycles. The van der Waals surface area contributed by atoms with Crippen LogP contribution >= 0.6 is 0 Å². The maximum Gasteiger partial charge on any atom is 0.165 e. The molecule has 1 aliphatic heterocycles. The number of fused-ring (bicyclic) bond motifs is 1. The molecule has 1 aliphatic rings. The lowest BCUT2D eigenvalue weighted by Crippen LogP contribution is -2.15. The Labute approximate surface area is 119 Å². The molecule has 2 atom stereocenters. The third-order valence-corrected chi connectivity index (χ3v) is 3.94. The van der Waals surface area contributed by atoms with Crippen LogP contribution in [0, 0.1) is 5.92 Å². The van der Waals surface area contributed by atoms with E-state index in [4.69, 9.17) is 4.74 Å². The zero-order chi connectivity index (χ0) is 13.9. The van der Waals surface area contributed by atoms with Gasteiger partial charge in [0.1, 0.15) is 5.75 Å². The molecule has 1 heterocycles. The van der Waals surface area contributed by atoms with Gasteiger partial charge in [-0.25, -0.2) is 0 Å². The molecule has 0 amide bonds. The summed E-state index contributed by atoms with van der Waals surface area (Å²) in [6.07, 6.45) is 0.838. The number of rotatable bonds is 4. The molecule has 102 valence electrons. The normalized spacial score (nSPS) is 18.1. The van der Waals surface area contributed by atoms with Crippen LogP contribution in [0.25, 0.3) is 0 Å². The van der Waals surface area contributed by atoms with Crippen molar-refractivity contribution in [3.05, 3.63) is 65.7 Å². The van der Waals surface area contributed by atoms with Crippen LogP contribution in [0.3, 0.4) is 0 Å². The van der Waals surface area contributed by atoms with Crippen molar-refractivity contribution in [2.24, 2.45) is 5.92 Å². The topological polar surface area (TPSA) is 26.3 Å². The van der Waals surface area contributed by atoms with E-state index in [0.717, 1.165) is 17.7 Å². The minimum Gasteiger partial charge on any atom is -0.493 e. The van der Waals surface area contributed by atoms with Gasteiger partial charge in [0.2, 0.25) is 0 Å². The van der Waals surface area contributed by atoms with Crippen LogP contribution in [0.15, 0.2) is 54.6 Å². The summed E-state index contributed by atoms with van der Waals surface area (Å²) in [5.74, 6) is 1.53. The average molecular weight is 266 g/mol. The third kappa shape index (κ3) is 2.46. The van der Waals surface area contributed by atoms with Gasteiger partial charge in [0, 0.05) is 23.0 Å². The molecule has 0 saturated heterocycles. The highest BCUT2D eigenvalue weighted by molar-refractivity contribution is 5.97. The summed E-state index contributed by atoms with van der Waals surface area (Å²) in [5.41, 5.74) is 2.03. The molecule has 0 radical (unpaired) electrons. The van der Waals surface area contributed by atoms with Gasteiger partial charge in [-0.2, -0.15) is 0 Å². The Bertz CT molecular complexity index is 604. The Morgan fingerprint density at radius 1 is 1.15 bits per heavy atom. The quantitative estimate of drug-likeness (QED) is 0.780. The van der Waals surface area contributed by atoms with Crippen molar-refractivity contribution >= 4 is 5.78 Å². The first-order valence-corrected chi connectivity index (χ1v) is 7.06. The Kier molecular flexibility index (Phi) is 3.55. The summed E-state index contributed by atoms with van der Waals surface area (Å²) in [5, 5.41) is 0. The first-order valence-electron chi connectivity index (χ1n) is 7.06. The van der Waals surface area contributed by atoms with E-state index in [0.29, 0.717) is 12.5 Å². The molecule has 0 N–H and O–H groups in total. The number of hydrogen-bond donors (Lipinski definition) is 0. The smallest absolute Gasteiger partial charge is 0.165 e. The van der Waals surface area contributed by atoms with E-state index < -0.39 is 0 Å². The molecule has 0 bridgehead atoms. The predicted molar refractivity (Wildman–Crippen MR) is 79.2 cm³/mol. The van der Waals surface area contributed by atoms with Crippen molar-refractivity contribution in [2.45, 2.75) is 19.3 Å². The second-order valence-corrected chi connectivity index (χ2v) is 5.41. The van der Waals surface area contributed by atoms with Crippen LogP contribution in [-0.2, 0) is 0 Å². The van der Waals surface area contributed by atoms with Gasteiger partial charge >= 0.3 is 0 Å².